The van der Waals surface area contributed by atoms with E-state index in [1.165, 1.54) is 0 Å². The van der Waals surface area contributed by atoms with Crippen molar-refractivity contribution in [3.8, 4) is 56.0 Å². The van der Waals surface area contributed by atoms with Gasteiger partial charge < -0.3 is 10.2 Å². The number of phenolic OH excluding ortho intramolecular Hbond substituents is 2. The predicted octanol–water partition coefficient (Wildman–Crippen LogP) is 19.1. The number of aliphatic imine (C=N–C) groups is 2. The van der Waals surface area contributed by atoms with Gasteiger partial charge in [-0.05, 0) is 102 Å². The molecule has 10 aromatic carbocycles. The minimum atomic E-state index is -10.7. The molecule has 0 bridgehead atoms. The summed E-state index contributed by atoms with van der Waals surface area (Å²) in [5.74, 6) is 0.905. The molecule has 0 saturated heterocycles. The summed E-state index contributed by atoms with van der Waals surface area (Å²) in [6, 6.07) is 66.8. The van der Waals surface area contributed by atoms with Gasteiger partial charge >= 0.3 is 33.0 Å². The number of aromatic hydroxyl groups is 2. The fourth-order valence-corrected chi connectivity index (χ4v) is 10.6. The monoisotopic (exact) mass is 1050 g/mol. The number of benzene rings is 10. The minimum Gasteiger partial charge on any atom is 0 e. The quantitative estimate of drug-likeness (QED) is 0.0689. The van der Waals surface area contributed by atoms with E-state index in [-0.39, 0.29) is 52.5 Å². The Balaban J connectivity index is 0.000000786. The number of hydrogen-bond acceptors (Lipinski definition) is 4. The second kappa shape index (κ2) is 19.9. The first kappa shape index (κ1) is 51.6. The van der Waals surface area contributed by atoms with E-state index < -0.39 is 7.81 Å². The number of fused-ring (bicyclic) bond motifs is 4. The van der Waals surface area contributed by atoms with Crippen LogP contribution >= 0.6 is 7.81 Å². The van der Waals surface area contributed by atoms with Crippen LogP contribution in [0.25, 0.3) is 87.6 Å². The van der Waals surface area contributed by atoms with Crippen LogP contribution in [0.4, 0.5) is 25.2 Å². The molecule has 1 radical (unpaired) electrons. The van der Waals surface area contributed by atoms with Crippen molar-refractivity contribution >= 4 is 63.3 Å². The molecule has 0 spiro atoms. The van der Waals surface area contributed by atoms with Crippen molar-refractivity contribution in [1.82, 2.24) is 0 Å². The number of rotatable bonds is 8. The topological polar surface area (TPSA) is 65.2 Å². The summed E-state index contributed by atoms with van der Waals surface area (Å²) in [6.07, 6.45) is 5.82. The summed E-state index contributed by atoms with van der Waals surface area (Å²) in [7, 11) is -10.7. The van der Waals surface area contributed by atoms with Crippen LogP contribution < -0.4 is 0 Å². The Morgan fingerprint density at radius 2 is 0.703 bits per heavy atom. The van der Waals surface area contributed by atoms with Gasteiger partial charge in [0.15, 0.2) is 0 Å². The molecule has 1 fully saturated rings. The smallest absolute Gasteiger partial charge is 0 e. The average molecular weight is 1050 g/mol. The number of hydrogen-bond donors (Lipinski definition) is 2. The molecule has 11 rings (SSSR count). The summed E-state index contributed by atoms with van der Waals surface area (Å²) < 4.78 is 59.2. The normalized spacial score (nSPS) is 18.0. The van der Waals surface area contributed by atoms with Crippen molar-refractivity contribution in [3.63, 3.8) is 0 Å². The van der Waals surface area contributed by atoms with E-state index in [9.17, 15) is 35.4 Å². The second-order valence-corrected chi connectivity index (χ2v) is 20.9. The van der Waals surface area contributed by atoms with Gasteiger partial charge in [0, 0.05) is 62.9 Å². The van der Waals surface area contributed by atoms with E-state index in [0.717, 1.165) is 100 Å². The molecule has 0 unspecified atom stereocenters. The zero-order chi connectivity index (χ0) is 51.1. The molecule has 375 valence electrons. The zero-order valence-corrected chi connectivity index (χ0v) is 42.3. The Bertz CT molecular complexity index is 3540. The predicted molar refractivity (Wildman–Crippen MR) is 292 cm³/mol. The van der Waals surface area contributed by atoms with Crippen LogP contribution in [0.2, 0.25) is 0 Å². The van der Waals surface area contributed by atoms with Crippen LogP contribution in [0.3, 0.4) is 0 Å². The summed E-state index contributed by atoms with van der Waals surface area (Å²) in [6.45, 7) is 4.53. The molecule has 0 amide bonds. The van der Waals surface area contributed by atoms with Gasteiger partial charge in [0.25, 0.3) is 0 Å². The third-order valence-electron chi connectivity index (χ3n) is 14.0. The molecule has 10 aromatic rings. The van der Waals surface area contributed by atoms with Crippen molar-refractivity contribution in [2.75, 3.05) is 0 Å². The van der Waals surface area contributed by atoms with E-state index in [4.69, 9.17) is 9.98 Å². The molecule has 0 heterocycles. The maximum atomic E-state index is 12.6. The number of halogens is 6. The van der Waals surface area contributed by atoms with Gasteiger partial charge in [-0.1, -0.05) is 196 Å². The first-order valence-electron chi connectivity index (χ1n) is 24.1. The Morgan fingerprint density at radius 1 is 0.405 bits per heavy atom. The van der Waals surface area contributed by atoms with Gasteiger partial charge in [0.1, 0.15) is 11.5 Å². The van der Waals surface area contributed by atoms with E-state index in [1.54, 1.807) is 0 Å². The first-order valence-corrected chi connectivity index (χ1v) is 26.2. The average Bonchev–Trinajstić information content (AvgIpc) is 3.39. The molecule has 1 saturated carbocycles. The molecule has 1 aliphatic carbocycles. The van der Waals surface area contributed by atoms with Crippen molar-refractivity contribution in [2.24, 2.45) is 21.8 Å². The summed E-state index contributed by atoms with van der Waals surface area (Å²) in [4.78, 5) is 10.8. The number of nitrogens with zero attached hydrogens (tertiary/aromatic N) is 2. The van der Waals surface area contributed by atoms with E-state index >= 15 is 0 Å². The van der Waals surface area contributed by atoms with Crippen LogP contribution in [0.15, 0.2) is 204 Å². The molecule has 1 aliphatic rings. The minimum absolute atomic E-state index is 0. The Morgan fingerprint density at radius 3 is 1.05 bits per heavy atom. The van der Waals surface area contributed by atoms with Gasteiger partial charge in [-0.25, -0.2) is 0 Å². The SMILES string of the molecule is C[C@@H]1CC[C@@H](C)[C@@H](N=Cc2cc3ccccc3c(-c3c(-c4ccccc4)ccc4ccccc34)c2O)[C@@H]1N=Cc1cc2ccccc2c(-c2c(-c3ccccc3)ccc3ccccc23)c1O.F[P-](F)(F)(F)(F)F.[Mn]. The van der Waals surface area contributed by atoms with Crippen molar-refractivity contribution in [2.45, 2.75) is 38.8 Å². The van der Waals surface area contributed by atoms with Crippen LogP contribution in [-0.2, 0) is 17.1 Å². The maximum Gasteiger partial charge on any atom is 0 e. The molecule has 12 heteroatoms. The molecular weight excluding hydrogens is 1000 g/mol. The van der Waals surface area contributed by atoms with Gasteiger partial charge in [-0.15, -0.1) is 0 Å². The van der Waals surface area contributed by atoms with E-state index in [0.29, 0.717) is 11.1 Å². The van der Waals surface area contributed by atoms with Crippen molar-refractivity contribution < 1.29 is 52.5 Å². The fraction of sp³-hybridized carbons (Fsp3) is 0.129. The van der Waals surface area contributed by atoms with Gasteiger partial charge in [0.05, 0.1) is 12.1 Å². The molecule has 74 heavy (non-hydrogen) atoms. The van der Waals surface area contributed by atoms with Crippen LogP contribution in [0.5, 0.6) is 11.5 Å². The third-order valence-corrected chi connectivity index (χ3v) is 14.0. The summed E-state index contributed by atoms with van der Waals surface area (Å²) in [5.41, 5.74) is 9.24. The molecular formula is C62H50F6MnN2O2P-. The number of phenols is 2. The summed E-state index contributed by atoms with van der Waals surface area (Å²) >= 11 is 0. The standard InChI is InChI=1S/C62H50N2O2.F6P.Mn/c1-39-29-30-40(2)60(64-38-48-36-46-24-12-16-28-52(46)58(62(48)66)56-50-26-14-10-22-44(50)32-34-54(56)42-19-7-4-8-20-42)59(39)63-37-47-35-45-23-11-15-27-51(45)57(61(47)65)55-49-25-13-9-21-43(49)31-33-53(55)41-17-5-3-6-18-41;1-7(2,3,4,5)6;/h3-28,31-40,59-60,65-66H,29-30H2,1-2H3;;/q;-1;/t39-,40-,59-,60-;;/m1../s1. The van der Waals surface area contributed by atoms with E-state index in [1.807, 2.05) is 36.7 Å². The van der Waals surface area contributed by atoms with Gasteiger partial charge in [-0.3, -0.25) is 9.98 Å². The molecule has 0 aliphatic heterocycles. The molecule has 4 atom stereocenters. The van der Waals surface area contributed by atoms with Crippen molar-refractivity contribution in [1.29, 1.82) is 0 Å². The summed E-state index contributed by atoms with van der Waals surface area (Å²) in [5, 5.41) is 33.6. The zero-order valence-electron chi connectivity index (χ0n) is 40.2. The van der Waals surface area contributed by atoms with Crippen molar-refractivity contribution in [3.05, 3.63) is 205 Å². The second-order valence-electron chi connectivity index (χ2n) is 19.0. The van der Waals surface area contributed by atoms with Gasteiger partial charge in [0.2, 0.25) is 0 Å². The fourth-order valence-electron chi connectivity index (χ4n) is 10.6. The molecule has 0 aromatic heterocycles. The third kappa shape index (κ3) is 11.1. The maximum absolute atomic E-state index is 12.6. The molecule has 4 nitrogen and oxygen atoms in total. The first-order chi connectivity index (χ1) is 34.9. The Hall–Kier alpha value is -7.29. The van der Waals surface area contributed by atoms with E-state index in [2.05, 4.69) is 184 Å². The van der Waals surface area contributed by atoms with Crippen LogP contribution in [0, 0.1) is 11.8 Å². The van der Waals surface area contributed by atoms with Crippen LogP contribution in [-0.4, -0.2) is 34.7 Å². The largest absolute Gasteiger partial charge is 0 e. The van der Waals surface area contributed by atoms with Gasteiger partial charge in [-0.2, -0.15) is 0 Å². The van der Waals surface area contributed by atoms with Crippen LogP contribution in [0.1, 0.15) is 37.8 Å². The molecule has 2 N–H and O–H groups in total. The Kier molecular flexibility index (Phi) is 13.8. The Labute approximate surface area is 435 Å².